The number of anilines is 1. The number of aryl methyl sites for hydroxylation is 1. The molecule has 2 heterocycles. The summed E-state index contributed by atoms with van der Waals surface area (Å²) in [6.07, 6.45) is 0. The fraction of sp³-hybridized carbons (Fsp3) is 0.158. The highest BCUT2D eigenvalue weighted by atomic mass is 32.2. The van der Waals surface area contributed by atoms with Gasteiger partial charge in [0, 0.05) is 10.9 Å². The Hall–Kier alpha value is -3.11. The van der Waals surface area contributed by atoms with Gasteiger partial charge in [-0.1, -0.05) is 18.2 Å². The van der Waals surface area contributed by atoms with Crippen molar-refractivity contribution in [3.63, 3.8) is 0 Å². The van der Waals surface area contributed by atoms with E-state index in [4.69, 9.17) is 9.47 Å². The summed E-state index contributed by atoms with van der Waals surface area (Å²) in [7, 11) is -0.894. The minimum Gasteiger partial charge on any atom is -0.497 e. The molecule has 4 rings (SSSR count). The van der Waals surface area contributed by atoms with Crippen molar-refractivity contribution in [2.45, 2.75) is 11.8 Å². The second-order valence-corrected chi connectivity index (χ2v) is 8.73. The van der Waals surface area contributed by atoms with E-state index < -0.39 is 10.0 Å². The molecule has 0 fully saturated rings. The van der Waals surface area contributed by atoms with E-state index >= 15 is 0 Å². The summed E-state index contributed by atoms with van der Waals surface area (Å²) in [6.45, 7) is 1.81. The average molecular weight is 431 g/mol. The lowest BCUT2D eigenvalue weighted by Gasteiger charge is -2.10. The monoisotopic (exact) mass is 430 g/mol. The number of nitrogens with one attached hydrogen (secondary N) is 1. The first-order valence-electron chi connectivity index (χ1n) is 8.57. The minimum absolute atomic E-state index is 0.00967. The van der Waals surface area contributed by atoms with Crippen LogP contribution in [0.1, 0.15) is 5.56 Å². The second-order valence-electron chi connectivity index (χ2n) is 6.24. The van der Waals surface area contributed by atoms with Crippen LogP contribution in [0.25, 0.3) is 16.2 Å². The van der Waals surface area contributed by atoms with Gasteiger partial charge in [-0.15, -0.1) is 16.4 Å². The molecule has 0 radical (unpaired) electrons. The van der Waals surface area contributed by atoms with Crippen LogP contribution in [-0.2, 0) is 10.0 Å². The zero-order chi connectivity index (χ0) is 20.6. The van der Waals surface area contributed by atoms with Crippen LogP contribution in [0.2, 0.25) is 0 Å². The van der Waals surface area contributed by atoms with Gasteiger partial charge in [-0.2, -0.15) is 4.98 Å². The smallest absolute Gasteiger partial charge is 0.267 e. The van der Waals surface area contributed by atoms with Crippen LogP contribution < -0.4 is 14.2 Å². The van der Waals surface area contributed by atoms with E-state index in [-0.39, 0.29) is 16.6 Å². The van der Waals surface area contributed by atoms with Gasteiger partial charge in [0.1, 0.15) is 16.4 Å². The molecule has 10 heteroatoms. The highest BCUT2D eigenvalue weighted by Crippen LogP contribution is 2.30. The van der Waals surface area contributed by atoms with Crippen LogP contribution >= 0.6 is 11.3 Å². The van der Waals surface area contributed by atoms with E-state index in [1.165, 1.54) is 18.4 Å². The fourth-order valence-corrected chi connectivity index (χ4v) is 4.90. The molecule has 0 unspecified atom stereocenters. The third-order valence-electron chi connectivity index (χ3n) is 4.28. The van der Waals surface area contributed by atoms with Gasteiger partial charge >= 0.3 is 0 Å². The number of aromatic nitrogens is 3. The summed E-state index contributed by atoms with van der Waals surface area (Å²) >= 11 is 1.36. The molecule has 0 saturated carbocycles. The van der Waals surface area contributed by atoms with E-state index in [2.05, 4.69) is 14.8 Å². The number of fused-ring (bicyclic) bond motifs is 1. The Labute approximate surface area is 171 Å². The number of ether oxygens (including phenoxy) is 2. The predicted octanol–water partition coefficient (Wildman–Crippen LogP) is 3.58. The van der Waals surface area contributed by atoms with Crippen molar-refractivity contribution in [2.24, 2.45) is 0 Å². The van der Waals surface area contributed by atoms with Gasteiger partial charge in [0.2, 0.25) is 4.96 Å². The summed E-state index contributed by atoms with van der Waals surface area (Å²) in [5.41, 5.74) is 2.47. The molecule has 4 aromatic rings. The lowest BCUT2D eigenvalue weighted by Crippen LogP contribution is -2.15. The third-order valence-corrected chi connectivity index (χ3v) is 6.45. The first-order valence-corrected chi connectivity index (χ1v) is 10.9. The number of benzene rings is 2. The molecule has 1 N–H and O–H groups in total. The van der Waals surface area contributed by atoms with Crippen LogP contribution in [0.5, 0.6) is 11.5 Å². The number of rotatable bonds is 6. The van der Waals surface area contributed by atoms with Crippen molar-refractivity contribution in [1.29, 1.82) is 0 Å². The molecular weight excluding hydrogens is 412 g/mol. The molecule has 0 atom stereocenters. The van der Waals surface area contributed by atoms with Gasteiger partial charge < -0.3 is 9.47 Å². The molecule has 0 amide bonds. The molecule has 0 aliphatic carbocycles. The van der Waals surface area contributed by atoms with E-state index in [0.717, 1.165) is 22.6 Å². The zero-order valence-electron chi connectivity index (χ0n) is 15.9. The first-order chi connectivity index (χ1) is 13.9. The van der Waals surface area contributed by atoms with Crippen molar-refractivity contribution in [3.05, 3.63) is 53.4 Å². The number of nitrogens with zero attached hydrogens (tertiary/aromatic N) is 3. The molecule has 2 aromatic heterocycles. The topological polar surface area (TPSA) is 94.8 Å². The third kappa shape index (κ3) is 3.64. The molecule has 29 heavy (non-hydrogen) atoms. The maximum atomic E-state index is 12.9. The summed E-state index contributed by atoms with van der Waals surface area (Å²) in [4.78, 5) is 4.90. The Kier molecular flexibility index (Phi) is 4.89. The summed E-state index contributed by atoms with van der Waals surface area (Å²) in [5.74, 6) is 0.959. The number of hydrogen-bond acceptors (Lipinski definition) is 7. The van der Waals surface area contributed by atoms with Crippen molar-refractivity contribution in [3.8, 4) is 22.8 Å². The Morgan fingerprint density at radius 2 is 1.93 bits per heavy atom. The second kappa shape index (κ2) is 7.37. The van der Waals surface area contributed by atoms with Gasteiger partial charge in [0.25, 0.3) is 16.0 Å². The molecule has 8 nitrogen and oxygen atoms in total. The maximum absolute atomic E-state index is 12.9. The number of methoxy groups -OCH3 is 2. The Bertz CT molecular complexity index is 1290. The largest absolute Gasteiger partial charge is 0.497 e. The highest BCUT2D eigenvalue weighted by Gasteiger charge is 2.22. The van der Waals surface area contributed by atoms with Crippen LogP contribution in [0.3, 0.4) is 0 Å². The zero-order valence-corrected chi connectivity index (χ0v) is 17.5. The van der Waals surface area contributed by atoms with Crippen LogP contribution in [-0.4, -0.2) is 37.2 Å². The van der Waals surface area contributed by atoms with Crippen molar-refractivity contribution in [1.82, 2.24) is 14.6 Å². The van der Waals surface area contributed by atoms with Gasteiger partial charge in [0.05, 0.1) is 19.9 Å². The molecule has 0 aliphatic heterocycles. The lowest BCUT2D eigenvalue weighted by atomic mass is 10.2. The van der Waals surface area contributed by atoms with Crippen molar-refractivity contribution in [2.75, 3.05) is 18.9 Å². The maximum Gasteiger partial charge on any atom is 0.267 e. The minimum atomic E-state index is -3.92. The van der Waals surface area contributed by atoms with E-state index in [1.807, 2.05) is 36.6 Å². The van der Waals surface area contributed by atoms with Crippen molar-refractivity contribution < 1.29 is 17.9 Å². The normalized spacial score (nSPS) is 11.6. The summed E-state index contributed by atoms with van der Waals surface area (Å²) in [5, 5.41) is 6.25. The molecule has 150 valence electrons. The van der Waals surface area contributed by atoms with Gasteiger partial charge in [0.15, 0.2) is 0 Å². The summed E-state index contributed by atoms with van der Waals surface area (Å²) in [6, 6.07) is 12.5. The predicted molar refractivity (Wildman–Crippen MR) is 111 cm³/mol. The SMILES string of the molecule is COc1cccc(-c2csc3nc(NS(=O)(=O)c4cc(C)ccc4OC)nn23)c1. The standard InChI is InChI=1S/C19H18N4O4S2/c1-12-7-8-16(27-3)17(9-12)29(24,25)22-18-20-19-23(21-18)15(11-28-19)13-5-4-6-14(10-13)26-2/h4-11H,1-3H3,(H,21,22). The number of sulfonamides is 1. The van der Waals surface area contributed by atoms with Gasteiger partial charge in [-0.3, -0.25) is 0 Å². The van der Waals surface area contributed by atoms with Gasteiger partial charge in [-0.05, 0) is 36.8 Å². The Balaban J connectivity index is 1.71. The molecule has 2 aromatic carbocycles. The molecule has 0 bridgehead atoms. The van der Waals surface area contributed by atoms with E-state index in [9.17, 15) is 8.42 Å². The number of hydrogen-bond donors (Lipinski definition) is 1. The van der Waals surface area contributed by atoms with Crippen LogP contribution in [0.15, 0.2) is 52.7 Å². The molecule has 0 spiro atoms. The molecular formula is C19H18N4O4S2. The Morgan fingerprint density at radius 1 is 1.10 bits per heavy atom. The van der Waals surface area contributed by atoms with Crippen LogP contribution in [0, 0.1) is 6.92 Å². The van der Waals surface area contributed by atoms with Crippen molar-refractivity contribution >= 4 is 32.3 Å². The van der Waals surface area contributed by atoms with Crippen LogP contribution in [0.4, 0.5) is 5.95 Å². The number of thiazole rings is 1. The highest BCUT2D eigenvalue weighted by molar-refractivity contribution is 7.92. The first kappa shape index (κ1) is 19.2. The summed E-state index contributed by atoms with van der Waals surface area (Å²) < 4.78 is 40.3. The quantitative estimate of drug-likeness (QED) is 0.502. The molecule has 0 saturated heterocycles. The van der Waals surface area contributed by atoms with E-state index in [0.29, 0.717) is 4.96 Å². The Morgan fingerprint density at radius 3 is 2.69 bits per heavy atom. The van der Waals surface area contributed by atoms with E-state index in [1.54, 1.807) is 29.8 Å². The lowest BCUT2D eigenvalue weighted by molar-refractivity contribution is 0.402. The fourth-order valence-electron chi connectivity index (χ4n) is 2.87. The van der Waals surface area contributed by atoms with Gasteiger partial charge in [-0.25, -0.2) is 17.7 Å². The average Bonchev–Trinajstić information content (AvgIpc) is 3.27. The molecule has 0 aliphatic rings.